The van der Waals surface area contributed by atoms with E-state index in [0.717, 1.165) is 37.5 Å². The first-order chi connectivity index (χ1) is 12.2. The molecule has 1 N–H and O–H groups in total. The van der Waals surface area contributed by atoms with E-state index in [1.807, 2.05) is 26.0 Å². The molecule has 0 saturated carbocycles. The van der Waals surface area contributed by atoms with E-state index in [4.69, 9.17) is 9.47 Å². The molecule has 1 aromatic heterocycles. The number of piperidine rings is 1. The van der Waals surface area contributed by atoms with Crippen LogP contribution in [-0.4, -0.2) is 55.2 Å². The summed E-state index contributed by atoms with van der Waals surface area (Å²) in [6, 6.07) is 3.89. The summed E-state index contributed by atoms with van der Waals surface area (Å²) >= 11 is 0. The zero-order valence-corrected chi connectivity index (χ0v) is 15.3. The van der Waals surface area contributed by atoms with Crippen LogP contribution in [0.2, 0.25) is 0 Å². The lowest BCUT2D eigenvalue weighted by atomic mass is 9.97. The number of aromatic nitrogens is 1. The molecule has 0 amide bonds. The Bertz CT molecular complexity index is 583. The highest BCUT2D eigenvalue weighted by atomic mass is 16.5. The fourth-order valence-electron chi connectivity index (χ4n) is 2.92. The third-order valence-electron chi connectivity index (χ3n) is 4.19. The summed E-state index contributed by atoms with van der Waals surface area (Å²) in [5.74, 6) is 1.39. The van der Waals surface area contributed by atoms with E-state index in [-0.39, 0.29) is 11.9 Å². The molecule has 2 rings (SSSR count). The number of hydrogen-bond donors (Lipinski definition) is 1. The van der Waals surface area contributed by atoms with E-state index < -0.39 is 0 Å². The molecule has 0 bridgehead atoms. The van der Waals surface area contributed by atoms with Gasteiger partial charge in [0.1, 0.15) is 0 Å². The van der Waals surface area contributed by atoms with Crippen LogP contribution in [0.15, 0.2) is 23.3 Å². The van der Waals surface area contributed by atoms with Crippen molar-refractivity contribution in [2.45, 2.75) is 33.2 Å². The van der Waals surface area contributed by atoms with E-state index in [1.54, 1.807) is 13.2 Å². The highest BCUT2D eigenvalue weighted by molar-refractivity contribution is 5.80. The number of esters is 1. The summed E-state index contributed by atoms with van der Waals surface area (Å²) in [5.41, 5.74) is 0.993. The van der Waals surface area contributed by atoms with E-state index in [0.29, 0.717) is 25.6 Å². The van der Waals surface area contributed by atoms with Crippen LogP contribution in [-0.2, 0) is 16.1 Å². The molecule has 1 aromatic rings. The number of hydrogen-bond acceptors (Lipinski definition) is 5. The van der Waals surface area contributed by atoms with Crippen LogP contribution in [0.4, 0.5) is 0 Å². The second-order valence-corrected chi connectivity index (χ2v) is 5.81. The summed E-state index contributed by atoms with van der Waals surface area (Å²) in [6.07, 6.45) is 3.30. The molecule has 1 saturated heterocycles. The molecular formula is C18H28N4O3. The Morgan fingerprint density at radius 3 is 2.76 bits per heavy atom. The maximum atomic E-state index is 11.8. The largest absolute Gasteiger partial charge is 0.478 e. The number of aliphatic imine (C=N–C) groups is 1. The second-order valence-electron chi connectivity index (χ2n) is 5.81. The summed E-state index contributed by atoms with van der Waals surface area (Å²) in [7, 11) is 1.77. The van der Waals surface area contributed by atoms with Gasteiger partial charge in [-0.3, -0.25) is 9.79 Å². The van der Waals surface area contributed by atoms with Crippen molar-refractivity contribution in [3.63, 3.8) is 0 Å². The molecule has 0 atom stereocenters. The monoisotopic (exact) mass is 348 g/mol. The van der Waals surface area contributed by atoms with Crippen LogP contribution in [0.5, 0.6) is 5.88 Å². The lowest BCUT2D eigenvalue weighted by Gasteiger charge is -2.33. The Balaban J connectivity index is 1.89. The average Bonchev–Trinajstić information content (AvgIpc) is 2.64. The van der Waals surface area contributed by atoms with Gasteiger partial charge in [0.2, 0.25) is 5.88 Å². The van der Waals surface area contributed by atoms with Crippen LogP contribution in [0.3, 0.4) is 0 Å². The summed E-state index contributed by atoms with van der Waals surface area (Å²) in [6.45, 7) is 6.97. The van der Waals surface area contributed by atoms with Gasteiger partial charge in [-0.05, 0) is 32.8 Å². The van der Waals surface area contributed by atoms with Crippen molar-refractivity contribution < 1.29 is 14.3 Å². The Hall–Kier alpha value is -2.31. The summed E-state index contributed by atoms with van der Waals surface area (Å²) < 4.78 is 10.7. The minimum absolute atomic E-state index is 0.00261. The minimum Gasteiger partial charge on any atom is -0.478 e. The smallest absolute Gasteiger partial charge is 0.309 e. The topological polar surface area (TPSA) is 76.0 Å². The standard InChI is InChI=1S/C18H28N4O3/c1-4-24-16-15(7-6-10-20-16)13-21-18(19-3)22-11-8-14(9-12-22)17(23)25-5-2/h6-7,10,14H,4-5,8-9,11-13H2,1-3H3,(H,19,21). The van der Waals surface area contributed by atoms with Crippen molar-refractivity contribution in [2.75, 3.05) is 33.4 Å². The number of rotatable bonds is 6. The zero-order valence-electron chi connectivity index (χ0n) is 15.3. The van der Waals surface area contributed by atoms with Crippen LogP contribution >= 0.6 is 0 Å². The number of pyridine rings is 1. The van der Waals surface area contributed by atoms with Gasteiger partial charge in [0.25, 0.3) is 0 Å². The quantitative estimate of drug-likeness (QED) is 0.480. The molecule has 0 spiro atoms. The maximum absolute atomic E-state index is 11.8. The Kier molecular flexibility index (Phi) is 7.50. The molecule has 1 fully saturated rings. The molecule has 7 nitrogen and oxygen atoms in total. The number of guanidine groups is 1. The van der Waals surface area contributed by atoms with Crippen molar-refractivity contribution >= 4 is 11.9 Å². The number of nitrogens with one attached hydrogen (secondary N) is 1. The first kappa shape index (κ1) is 19.0. The molecule has 0 radical (unpaired) electrons. The van der Waals surface area contributed by atoms with E-state index in [1.165, 1.54) is 0 Å². The van der Waals surface area contributed by atoms with Crippen molar-refractivity contribution in [3.8, 4) is 5.88 Å². The number of likely N-dealkylation sites (tertiary alicyclic amines) is 1. The summed E-state index contributed by atoms with van der Waals surface area (Å²) in [4.78, 5) is 22.6. The molecule has 2 heterocycles. The predicted octanol–water partition coefficient (Wildman–Crippen LogP) is 1.83. The van der Waals surface area contributed by atoms with Crippen molar-refractivity contribution in [1.82, 2.24) is 15.2 Å². The van der Waals surface area contributed by atoms with Gasteiger partial charge in [-0.25, -0.2) is 4.98 Å². The molecular weight excluding hydrogens is 320 g/mol. The lowest BCUT2D eigenvalue weighted by molar-refractivity contribution is -0.149. The normalized spacial score (nSPS) is 15.8. The van der Waals surface area contributed by atoms with Crippen molar-refractivity contribution in [1.29, 1.82) is 0 Å². The SMILES string of the molecule is CCOC(=O)C1CCN(C(=NC)NCc2cccnc2OCC)CC1. The fraction of sp³-hybridized carbons (Fsp3) is 0.611. The molecule has 1 aliphatic heterocycles. The highest BCUT2D eigenvalue weighted by Gasteiger charge is 2.27. The van der Waals surface area contributed by atoms with Gasteiger partial charge in [-0.2, -0.15) is 0 Å². The Morgan fingerprint density at radius 1 is 1.36 bits per heavy atom. The van der Waals surface area contributed by atoms with E-state index in [2.05, 4.69) is 20.2 Å². The maximum Gasteiger partial charge on any atom is 0.309 e. The van der Waals surface area contributed by atoms with Crippen LogP contribution in [0.25, 0.3) is 0 Å². The van der Waals surface area contributed by atoms with Gasteiger partial charge >= 0.3 is 5.97 Å². The van der Waals surface area contributed by atoms with Crippen LogP contribution < -0.4 is 10.1 Å². The third kappa shape index (κ3) is 5.34. The van der Waals surface area contributed by atoms with Gasteiger partial charge in [-0.15, -0.1) is 0 Å². The highest BCUT2D eigenvalue weighted by Crippen LogP contribution is 2.19. The summed E-state index contributed by atoms with van der Waals surface area (Å²) in [5, 5.41) is 3.36. The van der Waals surface area contributed by atoms with E-state index >= 15 is 0 Å². The molecule has 1 aliphatic rings. The molecule has 25 heavy (non-hydrogen) atoms. The van der Waals surface area contributed by atoms with Gasteiger partial charge in [0.05, 0.1) is 19.1 Å². The van der Waals surface area contributed by atoms with Gasteiger partial charge in [-0.1, -0.05) is 6.07 Å². The fourth-order valence-corrected chi connectivity index (χ4v) is 2.92. The zero-order chi connectivity index (χ0) is 18.1. The van der Waals surface area contributed by atoms with Crippen LogP contribution in [0.1, 0.15) is 32.3 Å². The van der Waals surface area contributed by atoms with Gasteiger partial charge in [0, 0.05) is 38.4 Å². The van der Waals surface area contributed by atoms with E-state index in [9.17, 15) is 4.79 Å². The first-order valence-corrected chi connectivity index (χ1v) is 8.88. The molecule has 138 valence electrons. The number of carbonyl (C=O) groups is 1. The van der Waals surface area contributed by atoms with Gasteiger partial charge < -0.3 is 19.7 Å². The molecule has 7 heteroatoms. The van der Waals surface area contributed by atoms with Crippen molar-refractivity contribution in [2.24, 2.45) is 10.9 Å². The Labute approximate surface area is 149 Å². The molecule has 0 unspecified atom stereocenters. The first-order valence-electron chi connectivity index (χ1n) is 8.88. The number of carbonyl (C=O) groups excluding carboxylic acids is 1. The minimum atomic E-state index is -0.0817. The lowest BCUT2D eigenvalue weighted by Crippen LogP contribution is -2.46. The average molecular weight is 348 g/mol. The van der Waals surface area contributed by atoms with Crippen LogP contribution in [0, 0.1) is 5.92 Å². The Morgan fingerprint density at radius 2 is 2.12 bits per heavy atom. The molecule has 0 aliphatic carbocycles. The number of ether oxygens (including phenoxy) is 2. The van der Waals surface area contributed by atoms with Gasteiger partial charge in [0.15, 0.2) is 5.96 Å². The second kappa shape index (κ2) is 9.86. The van der Waals surface area contributed by atoms with Crippen molar-refractivity contribution in [3.05, 3.63) is 23.9 Å². The predicted molar refractivity (Wildman–Crippen MR) is 96.5 cm³/mol. The third-order valence-corrected chi connectivity index (χ3v) is 4.19. The number of nitrogens with zero attached hydrogens (tertiary/aromatic N) is 3. The molecule has 0 aromatic carbocycles.